The van der Waals surface area contributed by atoms with Gasteiger partial charge in [0.15, 0.2) is 11.5 Å². The van der Waals surface area contributed by atoms with Crippen molar-refractivity contribution in [2.24, 2.45) is 5.92 Å². The highest BCUT2D eigenvalue weighted by molar-refractivity contribution is 5.80. The Kier molecular flexibility index (Phi) is 6.48. The van der Waals surface area contributed by atoms with Crippen molar-refractivity contribution < 1.29 is 23.0 Å². The van der Waals surface area contributed by atoms with Crippen molar-refractivity contribution in [3.05, 3.63) is 42.4 Å². The topological polar surface area (TPSA) is 67.8 Å². The van der Waals surface area contributed by atoms with E-state index in [1.165, 1.54) is 13.2 Å². The first-order chi connectivity index (χ1) is 15.0. The van der Waals surface area contributed by atoms with Crippen LogP contribution in [-0.2, 0) is 11.3 Å². The van der Waals surface area contributed by atoms with Crippen LogP contribution in [0.15, 0.2) is 36.8 Å². The van der Waals surface area contributed by atoms with E-state index >= 15 is 0 Å². The van der Waals surface area contributed by atoms with Crippen LogP contribution in [0.2, 0.25) is 0 Å². The second-order valence-corrected chi connectivity index (χ2v) is 7.91. The highest BCUT2D eigenvalue weighted by Crippen LogP contribution is 2.34. The molecule has 1 aliphatic heterocycles. The first kappa shape index (κ1) is 21.3. The molecule has 0 N–H and O–H groups in total. The summed E-state index contributed by atoms with van der Waals surface area (Å²) in [7, 11) is 1.41. The maximum atomic E-state index is 13.4. The van der Waals surface area contributed by atoms with Gasteiger partial charge in [-0.1, -0.05) is 6.07 Å². The number of halogens is 2. The van der Waals surface area contributed by atoms with Gasteiger partial charge in [-0.05, 0) is 43.4 Å². The van der Waals surface area contributed by atoms with E-state index in [0.717, 1.165) is 43.6 Å². The number of nitrogens with zero attached hydrogens (tertiary/aromatic N) is 4. The fourth-order valence-corrected chi connectivity index (χ4v) is 4.05. The predicted octanol–water partition coefficient (Wildman–Crippen LogP) is 3.49. The molecule has 1 unspecified atom stereocenters. The van der Waals surface area contributed by atoms with Gasteiger partial charge in [-0.3, -0.25) is 9.78 Å². The maximum Gasteiger partial charge on any atom is 0.387 e. The number of anilines is 1. The Bertz CT molecular complexity index is 896. The number of amides is 1. The fraction of sp³-hybridized carbons (Fsp3) is 0.500. The number of carbonyl (C=O) groups excluding carboxylic acids is 1. The van der Waals surface area contributed by atoms with Crippen molar-refractivity contribution in [3.8, 4) is 11.5 Å². The summed E-state index contributed by atoms with van der Waals surface area (Å²) in [5.74, 6) is 1.02. The molecule has 1 aliphatic carbocycles. The van der Waals surface area contributed by atoms with Gasteiger partial charge in [-0.25, -0.2) is 4.98 Å². The molecule has 0 spiro atoms. The number of aromatic nitrogens is 2. The quantitative estimate of drug-likeness (QED) is 0.636. The van der Waals surface area contributed by atoms with Crippen LogP contribution < -0.4 is 14.4 Å². The summed E-state index contributed by atoms with van der Waals surface area (Å²) in [5, 5.41) is 0. The van der Waals surface area contributed by atoms with Crippen molar-refractivity contribution >= 4 is 11.7 Å². The number of hydrogen-bond donors (Lipinski definition) is 0. The van der Waals surface area contributed by atoms with Gasteiger partial charge >= 0.3 is 6.61 Å². The van der Waals surface area contributed by atoms with Gasteiger partial charge in [0.25, 0.3) is 0 Å². The maximum absolute atomic E-state index is 13.4. The normalized spacial score (nSPS) is 18.7. The van der Waals surface area contributed by atoms with Crippen molar-refractivity contribution in [2.45, 2.75) is 44.9 Å². The third-order valence-electron chi connectivity index (χ3n) is 5.71. The van der Waals surface area contributed by atoms with E-state index in [0.29, 0.717) is 13.1 Å². The molecular formula is C22H26F2N4O3. The number of rotatable bonds is 8. The van der Waals surface area contributed by atoms with E-state index in [1.54, 1.807) is 30.7 Å². The van der Waals surface area contributed by atoms with Crippen LogP contribution in [0.1, 0.15) is 31.2 Å². The van der Waals surface area contributed by atoms with Crippen molar-refractivity contribution in [2.75, 3.05) is 25.1 Å². The molecule has 1 saturated carbocycles. The summed E-state index contributed by atoms with van der Waals surface area (Å²) in [6, 6.07) is 5.05. The van der Waals surface area contributed by atoms with Gasteiger partial charge in [-0.2, -0.15) is 8.78 Å². The Labute approximate surface area is 180 Å². The predicted molar refractivity (Wildman–Crippen MR) is 110 cm³/mol. The first-order valence-corrected chi connectivity index (χ1v) is 10.5. The Morgan fingerprint density at radius 2 is 2.10 bits per heavy atom. The Balaban J connectivity index is 1.47. The van der Waals surface area contributed by atoms with Crippen LogP contribution >= 0.6 is 0 Å². The molecule has 0 bridgehead atoms. The molecule has 2 aromatic rings. The highest BCUT2D eigenvalue weighted by atomic mass is 19.3. The van der Waals surface area contributed by atoms with Crippen LogP contribution in [0, 0.1) is 5.92 Å². The second-order valence-electron chi connectivity index (χ2n) is 7.91. The van der Waals surface area contributed by atoms with Crippen LogP contribution in [0.3, 0.4) is 0 Å². The number of benzene rings is 1. The summed E-state index contributed by atoms with van der Waals surface area (Å²) in [4.78, 5) is 26.0. The average molecular weight is 432 g/mol. The monoisotopic (exact) mass is 432 g/mol. The number of alkyl halides is 2. The van der Waals surface area contributed by atoms with E-state index in [2.05, 4.69) is 19.6 Å². The standard InChI is InChI=1S/C22H26F2N4O3/c1-30-19-11-15(4-7-18(19)31-22(23)24)13-28(17-5-6-17)21(29)16-3-2-10-27(14-16)20-12-25-8-9-26-20/h4,7-9,11-12,16-17,22H,2-3,5-6,10,13-14H2,1H3. The lowest BCUT2D eigenvalue weighted by molar-refractivity contribution is -0.137. The summed E-state index contributed by atoms with van der Waals surface area (Å²) < 4.78 is 34.9. The third kappa shape index (κ3) is 5.21. The van der Waals surface area contributed by atoms with E-state index in [4.69, 9.17) is 4.74 Å². The van der Waals surface area contributed by atoms with Gasteiger partial charge in [0, 0.05) is 38.1 Å². The van der Waals surface area contributed by atoms with Gasteiger partial charge in [0.1, 0.15) is 5.82 Å². The van der Waals surface area contributed by atoms with Crippen molar-refractivity contribution in [1.82, 2.24) is 14.9 Å². The largest absolute Gasteiger partial charge is 0.493 e. The first-order valence-electron chi connectivity index (χ1n) is 10.5. The van der Waals surface area contributed by atoms with E-state index < -0.39 is 6.61 Å². The molecule has 2 aliphatic rings. The third-order valence-corrected chi connectivity index (χ3v) is 5.71. The Morgan fingerprint density at radius 3 is 2.77 bits per heavy atom. The van der Waals surface area contributed by atoms with E-state index in [1.807, 2.05) is 4.90 Å². The molecule has 4 rings (SSSR count). The molecule has 2 heterocycles. The van der Waals surface area contributed by atoms with Gasteiger partial charge in [0.2, 0.25) is 5.91 Å². The molecule has 2 fully saturated rings. The molecule has 1 aromatic carbocycles. The minimum absolute atomic E-state index is 0.0163. The van der Waals surface area contributed by atoms with Crippen molar-refractivity contribution in [3.63, 3.8) is 0 Å². The number of ether oxygens (including phenoxy) is 2. The van der Waals surface area contributed by atoms with Gasteiger partial charge in [0.05, 0.1) is 19.2 Å². The number of piperidine rings is 1. The SMILES string of the molecule is COc1cc(CN(C(=O)C2CCCN(c3cnccn3)C2)C2CC2)ccc1OC(F)F. The molecular weight excluding hydrogens is 406 g/mol. The molecule has 1 aromatic heterocycles. The lowest BCUT2D eigenvalue weighted by Gasteiger charge is -2.35. The molecule has 31 heavy (non-hydrogen) atoms. The summed E-state index contributed by atoms with van der Waals surface area (Å²) in [6.07, 6.45) is 8.73. The number of carbonyl (C=O) groups is 1. The molecule has 7 nitrogen and oxygen atoms in total. The Hall–Kier alpha value is -2.97. The van der Waals surface area contributed by atoms with E-state index in [-0.39, 0.29) is 29.4 Å². The lowest BCUT2D eigenvalue weighted by atomic mass is 9.96. The van der Waals surface area contributed by atoms with Crippen LogP contribution in [0.25, 0.3) is 0 Å². The minimum Gasteiger partial charge on any atom is -0.493 e. The van der Waals surface area contributed by atoms with Gasteiger partial charge in [-0.15, -0.1) is 0 Å². The van der Waals surface area contributed by atoms with Crippen LogP contribution in [0.4, 0.5) is 14.6 Å². The smallest absolute Gasteiger partial charge is 0.387 e. The zero-order valence-electron chi connectivity index (χ0n) is 17.4. The van der Waals surface area contributed by atoms with Crippen molar-refractivity contribution in [1.29, 1.82) is 0 Å². The fourth-order valence-electron chi connectivity index (χ4n) is 4.05. The minimum atomic E-state index is -2.92. The summed E-state index contributed by atoms with van der Waals surface area (Å²) >= 11 is 0. The summed E-state index contributed by atoms with van der Waals surface area (Å²) in [6.45, 7) is -1.04. The molecule has 1 atom stereocenters. The number of hydrogen-bond acceptors (Lipinski definition) is 6. The molecule has 1 amide bonds. The van der Waals surface area contributed by atoms with E-state index in [9.17, 15) is 13.6 Å². The Morgan fingerprint density at radius 1 is 1.26 bits per heavy atom. The summed E-state index contributed by atoms with van der Waals surface area (Å²) in [5.41, 5.74) is 0.820. The molecule has 1 saturated heterocycles. The average Bonchev–Trinajstić information content (AvgIpc) is 3.63. The lowest BCUT2D eigenvalue weighted by Crippen LogP contribution is -2.45. The number of methoxy groups -OCH3 is 1. The van der Waals surface area contributed by atoms with Crippen LogP contribution in [0.5, 0.6) is 11.5 Å². The highest BCUT2D eigenvalue weighted by Gasteiger charge is 2.37. The molecule has 9 heteroatoms. The van der Waals surface area contributed by atoms with Crippen LogP contribution in [-0.4, -0.2) is 53.6 Å². The zero-order chi connectivity index (χ0) is 21.8. The molecule has 0 radical (unpaired) electrons. The zero-order valence-corrected chi connectivity index (χ0v) is 17.4. The molecule has 166 valence electrons. The van der Waals surface area contributed by atoms with Gasteiger partial charge < -0.3 is 19.3 Å². The second kappa shape index (κ2) is 9.45.